The van der Waals surface area contributed by atoms with Gasteiger partial charge in [0.2, 0.25) is 6.10 Å². The highest BCUT2D eigenvalue weighted by atomic mass is 127. The van der Waals surface area contributed by atoms with E-state index in [2.05, 4.69) is 0 Å². The van der Waals surface area contributed by atoms with Gasteiger partial charge in [-0.2, -0.15) is 0 Å². The summed E-state index contributed by atoms with van der Waals surface area (Å²) in [6.07, 6.45) is -1.02. The average Bonchev–Trinajstić information content (AvgIpc) is 2.42. The molecular formula is C14H17IO5. The van der Waals surface area contributed by atoms with Gasteiger partial charge in [0.25, 0.3) is 0 Å². The molecule has 110 valence electrons. The number of carboxylic acid groups (broad SMARTS) is 1. The number of hydrogen-bond donors (Lipinski definition) is 1. The molecule has 0 saturated carbocycles. The molecule has 0 fully saturated rings. The lowest BCUT2D eigenvalue weighted by molar-refractivity contribution is -0.164. The summed E-state index contributed by atoms with van der Waals surface area (Å²) in [4.78, 5) is 22.4. The first-order valence-corrected chi connectivity index (χ1v) is 7.44. The van der Waals surface area contributed by atoms with Crippen LogP contribution >= 0.6 is 22.6 Å². The van der Waals surface area contributed by atoms with Crippen molar-refractivity contribution >= 4 is 34.5 Å². The maximum absolute atomic E-state index is 11.4. The Balaban J connectivity index is 2.33. The normalized spacial score (nSPS) is 13.5. The van der Waals surface area contributed by atoms with Gasteiger partial charge in [0, 0.05) is 6.42 Å². The fourth-order valence-electron chi connectivity index (χ4n) is 1.42. The number of alkyl halides is 1. The standard InChI is InChI=1S/C14H17IO5/c1-10(15)14(18)20-12(13(16)17)7-8-19-9-11-5-3-2-4-6-11/h2-6,10,12H,7-9H2,1H3,(H,16,17)/t10?,12-/m0/s1. The van der Waals surface area contributed by atoms with E-state index >= 15 is 0 Å². The van der Waals surface area contributed by atoms with Gasteiger partial charge in [-0.15, -0.1) is 0 Å². The Kier molecular flexibility index (Phi) is 7.53. The first-order valence-electron chi connectivity index (χ1n) is 6.19. The van der Waals surface area contributed by atoms with E-state index in [9.17, 15) is 9.59 Å². The lowest BCUT2D eigenvalue weighted by Gasteiger charge is -2.14. The second-order valence-corrected chi connectivity index (χ2v) is 6.08. The van der Waals surface area contributed by atoms with Crippen LogP contribution in [0.5, 0.6) is 0 Å². The van der Waals surface area contributed by atoms with Crippen LogP contribution in [0.25, 0.3) is 0 Å². The molecule has 5 nitrogen and oxygen atoms in total. The SMILES string of the molecule is CC(I)C(=O)O[C@@H](CCOCc1ccccc1)C(=O)O. The number of carboxylic acids is 1. The molecule has 0 radical (unpaired) electrons. The average molecular weight is 392 g/mol. The second kappa shape index (κ2) is 8.91. The Bertz CT molecular complexity index is 432. The van der Waals surface area contributed by atoms with Crippen molar-refractivity contribution < 1.29 is 24.2 Å². The molecule has 1 aromatic rings. The molecule has 0 heterocycles. The van der Waals surface area contributed by atoms with Crippen molar-refractivity contribution in [2.24, 2.45) is 0 Å². The minimum atomic E-state index is -1.16. The molecule has 0 aliphatic heterocycles. The Morgan fingerprint density at radius 3 is 2.50 bits per heavy atom. The number of benzene rings is 1. The van der Waals surface area contributed by atoms with E-state index in [0.717, 1.165) is 5.56 Å². The zero-order valence-corrected chi connectivity index (χ0v) is 13.3. The number of halogens is 1. The summed E-state index contributed by atoms with van der Waals surface area (Å²) in [7, 11) is 0. The molecule has 2 atom stereocenters. The maximum atomic E-state index is 11.4. The largest absolute Gasteiger partial charge is 0.479 e. The number of ether oxygens (including phenoxy) is 2. The molecule has 0 amide bonds. The number of hydrogen-bond acceptors (Lipinski definition) is 4. The monoisotopic (exact) mass is 392 g/mol. The quantitative estimate of drug-likeness (QED) is 0.319. The smallest absolute Gasteiger partial charge is 0.345 e. The van der Waals surface area contributed by atoms with E-state index in [1.165, 1.54) is 0 Å². The van der Waals surface area contributed by atoms with Crippen molar-refractivity contribution in [2.45, 2.75) is 30.0 Å². The molecule has 1 rings (SSSR count). The number of carbonyl (C=O) groups excluding carboxylic acids is 1. The predicted molar refractivity (Wildman–Crippen MR) is 81.7 cm³/mol. The highest BCUT2D eigenvalue weighted by Crippen LogP contribution is 2.08. The lowest BCUT2D eigenvalue weighted by Crippen LogP contribution is -2.30. The highest BCUT2D eigenvalue weighted by Gasteiger charge is 2.23. The Morgan fingerprint density at radius 2 is 1.95 bits per heavy atom. The van der Waals surface area contributed by atoms with Crippen LogP contribution in [0.2, 0.25) is 0 Å². The summed E-state index contributed by atoms with van der Waals surface area (Å²) in [6.45, 7) is 2.27. The molecule has 6 heteroatoms. The van der Waals surface area contributed by atoms with Crippen molar-refractivity contribution in [3.05, 3.63) is 35.9 Å². The predicted octanol–water partition coefficient (Wildman–Crippen LogP) is 2.41. The summed E-state index contributed by atoms with van der Waals surface area (Å²) in [5.74, 6) is -1.68. The van der Waals surface area contributed by atoms with Crippen molar-refractivity contribution in [3.8, 4) is 0 Å². The van der Waals surface area contributed by atoms with Crippen molar-refractivity contribution in [3.63, 3.8) is 0 Å². The van der Waals surface area contributed by atoms with Gasteiger partial charge in [0.15, 0.2) is 0 Å². The Morgan fingerprint density at radius 1 is 1.30 bits per heavy atom. The summed E-state index contributed by atoms with van der Waals surface area (Å²) < 4.78 is 9.91. The second-order valence-electron chi connectivity index (χ2n) is 4.21. The van der Waals surface area contributed by atoms with E-state index in [0.29, 0.717) is 6.61 Å². The molecule has 0 saturated heterocycles. The molecular weight excluding hydrogens is 375 g/mol. The highest BCUT2D eigenvalue weighted by molar-refractivity contribution is 14.1. The molecule has 0 aliphatic carbocycles. The number of aliphatic carboxylic acids is 1. The minimum absolute atomic E-state index is 0.136. The van der Waals surface area contributed by atoms with Crippen molar-refractivity contribution in [1.82, 2.24) is 0 Å². The minimum Gasteiger partial charge on any atom is -0.479 e. The van der Waals surface area contributed by atoms with E-state index < -0.39 is 18.0 Å². The number of esters is 1. The van der Waals surface area contributed by atoms with Gasteiger partial charge in [0.1, 0.15) is 3.92 Å². The summed E-state index contributed by atoms with van der Waals surface area (Å²) in [6, 6.07) is 9.57. The summed E-state index contributed by atoms with van der Waals surface area (Å²) in [5, 5.41) is 8.99. The van der Waals surface area contributed by atoms with Gasteiger partial charge in [-0.3, -0.25) is 4.79 Å². The summed E-state index contributed by atoms with van der Waals surface area (Å²) >= 11 is 1.88. The topological polar surface area (TPSA) is 72.8 Å². The van der Waals surface area contributed by atoms with Gasteiger partial charge in [0.05, 0.1) is 13.2 Å². The molecule has 20 heavy (non-hydrogen) atoms. The summed E-state index contributed by atoms with van der Waals surface area (Å²) in [5.41, 5.74) is 1.01. The maximum Gasteiger partial charge on any atom is 0.345 e. The van der Waals surface area contributed by atoms with Gasteiger partial charge in [-0.05, 0) is 12.5 Å². The van der Waals surface area contributed by atoms with E-state index in [4.69, 9.17) is 14.6 Å². The van der Waals surface area contributed by atoms with E-state index in [-0.39, 0.29) is 17.0 Å². The van der Waals surface area contributed by atoms with E-state index in [1.54, 1.807) is 6.92 Å². The molecule has 1 unspecified atom stereocenters. The number of rotatable bonds is 8. The van der Waals surface area contributed by atoms with Crippen LogP contribution in [0.4, 0.5) is 0 Å². The van der Waals surface area contributed by atoms with Crippen LogP contribution in [0.3, 0.4) is 0 Å². The van der Waals surface area contributed by atoms with Crippen molar-refractivity contribution in [2.75, 3.05) is 6.61 Å². The fraction of sp³-hybridized carbons (Fsp3) is 0.429. The zero-order valence-electron chi connectivity index (χ0n) is 11.1. The molecule has 0 aliphatic rings. The van der Waals surface area contributed by atoms with Crippen LogP contribution in [-0.2, 0) is 25.7 Å². The van der Waals surface area contributed by atoms with Crippen LogP contribution in [0.1, 0.15) is 18.9 Å². The number of carbonyl (C=O) groups is 2. The van der Waals surface area contributed by atoms with Crippen LogP contribution < -0.4 is 0 Å². The fourth-order valence-corrected chi connectivity index (χ4v) is 1.57. The third kappa shape index (κ3) is 6.33. The van der Waals surface area contributed by atoms with Crippen molar-refractivity contribution in [1.29, 1.82) is 0 Å². The Hall–Kier alpha value is -1.15. The van der Waals surface area contributed by atoms with Crippen LogP contribution in [0, 0.1) is 0 Å². The molecule has 1 aromatic carbocycles. The third-order valence-electron chi connectivity index (χ3n) is 2.49. The van der Waals surface area contributed by atoms with Gasteiger partial charge < -0.3 is 14.6 Å². The zero-order chi connectivity index (χ0) is 15.0. The van der Waals surface area contributed by atoms with Crippen LogP contribution in [0.15, 0.2) is 30.3 Å². The van der Waals surface area contributed by atoms with Gasteiger partial charge in [-0.1, -0.05) is 52.9 Å². The lowest BCUT2D eigenvalue weighted by atomic mass is 10.2. The van der Waals surface area contributed by atoms with Gasteiger partial charge in [-0.25, -0.2) is 4.79 Å². The molecule has 0 spiro atoms. The Labute approximate surface area is 131 Å². The first kappa shape index (κ1) is 16.9. The van der Waals surface area contributed by atoms with Gasteiger partial charge >= 0.3 is 11.9 Å². The first-order chi connectivity index (χ1) is 9.50. The molecule has 0 aromatic heterocycles. The third-order valence-corrected chi connectivity index (χ3v) is 3.00. The van der Waals surface area contributed by atoms with E-state index in [1.807, 2.05) is 52.9 Å². The molecule has 1 N–H and O–H groups in total. The van der Waals surface area contributed by atoms with Crippen LogP contribution in [-0.4, -0.2) is 33.7 Å². The molecule has 0 bridgehead atoms.